The molecular weight excluding hydrogens is 333 g/mol. The zero-order valence-electron chi connectivity index (χ0n) is 12.7. The van der Waals surface area contributed by atoms with Crippen LogP contribution in [0.5, 0.6) is 11.5 Å². The zero-order valence-corrected chi connectivity index (χ0v) is 14.2. The Morgan fingerprint density at radius 2 is 1.87 bits per heavy atom. The van der Waals surface area contributed by atoms with Gasteiger partial charge in [-0.15, -0.1) is 6.42 Å². The minimum atomic E-state index is 0.209. The molecule has 0 radical (unpaired) electrons. The topological polar surface area (TPSA) is 30.5 Å². The molecule has 2 rings (SSSR count). The van der Waals surface area contributed by atoms with Gasteiger partial charge in [0.25, 0.3) is 0 Å². The number of terminal acetylenes is 1. The average Bonchev–Trinajstić information content (AvgIpc) is 2.55. The van der Waals surface area contributed by atoms with Gasteiger partial charge in [-0.2, -0.15) is 0 Å². The van der Waals surface area contributed by atoms with Gasteiger partial charge in [-0.1, -0.05) is 35.2 Å². The third-order valence-electron chi connectivity index (χ3n) is 3.04. The van der Waals surface area contributed by atoms with E-state index in [1.807, 2.05) is 31.2 Å². The van der Waals surface area contributed by atoms with Crippen molar-refractivity contribution in [1.29, 1.82) is 0 Å². The maximum atomic E-state index is 6.01. The summed E-state index contributed by atoms with van der Waals surface area (Å²) in [5.41, 5.74) is 1.94. The van der Waals surface area contributed by atoms with Gasteiger partial charge >= 0.3 is 0 Å². The Labute approximate surface area is 146 Å². The van der Waals surface area contributed by atoms with E-state index in [2.05, 4.69) is 11.2 Å². The molecule has 1 N–H and O–H groups in total. The molecule has 5 heteroatoms. The molecule has 0 saturated carbocycles. The Morgan fingerprint density at radius 1 is 1.04 bits per heavy atom. The van der Waals surface area contributed by atoms with Gasteiger partial charge in [-0.25, -0.2) is 0 Å². The molecule has 0 bridgehead atoms. The number of hydrogen-bond donors (Lipinski definition) is 1. The Bertz CT molecular complexity index is 711. The Hall–Kier alpha value is -2.02. The first-order valence-electron chi connectivity index (χ1n) is 7.15. The van der Waals surface area contributed by atoms with Gasteiger partial charge in [0.05, 0.1) is 16.7 Å². The quantitative estimate of drug-likeness (QED) is 0.712. The molecule has 0 spiro atoms. The van der Waals surface area contributed by atoms with Crippen molar-refractivity contribution in [1.82, 2.24) is 0 Å². The summed E-state index contributed by atoms with van der Waals surface area (Å²) in [7, 11) is 0. The first-order chi connectivity index (χ1) is 11.1. The van der Waals surface area contributed by atoms with Crippen LogP contribution in [0.25, 0.3) is 0 Å². The van der Waals surface area contributed by atoms with Crippen molar-refractivity contribution in [3.8, 4) is 23.8 Å². The number of hydrogen-bond acceptors (Lipinski definition) is 3. The summed E-state index contributed by atoms with van der Waals surface area (Å²) in [6.45, 7) is 3.30. The van der Waals surface area contributed by atoms with E-state index < -0.39 is 0 Å². The van der Waals surface area contributed by atoms with Crippen molar-refractivity contribution < 1.29 is 9.47 Å². The molecule has 2 aromatic carbocycles. The second-order valence-corrected chi connectivity index (χ2v) is 5.50. The van der Waals surface area contributed by atoms with Gasteiger partial charge in [0.1, 0.15) is 6.61 Å². The van der Waals surface area contributed by atoms with Crippen LogP contribution in [0.3, 0.4) is 0 Å². The summed E-state index contributed by atoms with van der Waals surface area (Å²) < 4.78 is 11.1. The van der Waals surface area contributed by atoms with Gasteiger partial charge in [-0.3, -0.25) is 0 Å². The highest BCUT2D eigenvalue weighted by molar-refractivity contribution is 6.42. The van der Waals surface area contributed by atoms with E-state index in [0.717, 1.165) is 11.3 Å². The number of benzene rings is 2. The molecule has 23 heavy (non-hydrogen) atoms. The monoisotopic (exact) mass is 349 g/mol. The van der Waals surface area contributed by atoms with Crippen LogP contribution < -0.4 is 14.8 Å². The molecule has 0 aliphatic heterocycles. The van der Waals surface area contributed by atoms with E-state index in [9.17, 15) is 0 Å². The van der Waals surface area contributed by atoms with E-state index >= 15 is 0 Å². The van der Waals surface area contributed by atoms with Crippen LogP contribution in [-0.2, 0) is 6.54 Å². The van der Waals surface area contributed by atoms with Crippen molar-refractivity contribution in [2.24, 2.45) is 0 Å². The van der Waals surface area contributed by atoms with Crippen LogP contribution >= 0.6 is 23.2 Å². The fourth-order valence-corrected chi connectivity index (χ4v) is 2.28. The van der Waals surface area contributed by atoms with Crippen LogP contribution in [0.2, 0.25) is 10.0 Å². The van der Waals surface area contributed by atoms with Crippen molar-refractivity contribution in [2.75, 3.05) is 18.5 Å². The van der Waals surface area contributed by atoms with Crippen LogP contribution in [0.4, 0.5) is 5.69 Å². The van der Waals surface area contributed by atoms with Crippen LogP contribution in [0.1, 0.15) is 12.5 Å². The first kappa shape index (κ1) is 17.3. The van der Waals surface area contributed by atoms with Gasteiger partial charge in [0, 0.05) is 12.2 Å². The summed E-state index contributed by atoms with van der Waals surface area (Å²) in [6, 6.07) is 11.2. The predicted molar refractivity (Wildman–Crippen MR) is 95.7 cm³/mol. The largest absolute Gasteiger partial charge is 0.490 e. The van der Waals surface area contributed by atoms with Crippen LogP contribution in [0.15, 0.2) is 36.4 Å². The summed E-state index contributed by atoms with van der Waals surface area (Å²) in [6.07, 6.45) is 5.22. The molecule has 120 valence electrons. The molecule has 0 amide bonds. The second-order valence-electron chi connectivity index (χ2n) is 4.69. The van der Waals surface area contributed by atoms with Gasteiger partial charge in [-0.05, 0) is 42.8 Å². The van der Waals surface area contributed by atoms with Crippen molar-refractivity contribution in [2.45, 2.75) is 13.5 Å². The molecule has 0 aliphatic carbocycles. The first-order valence-corrected chi connectivity index (χ1v) is 7.90. The Morgan fingerprint density at radius 3 is 2.57 bits per heavy atom. The van der Waals surface area contributed by atoms with E-state index in [-0.39, 0.29) is 6.61 Å². The van der Waals surface area contributed by atoms with Crippen LogP contribution in [-0.4, -0.2) is 13.2 Å². The minimum absolute atomic E-state index is 0.209. The Kier molecular flexibility index (Phi) is 6.46. The highest BCUT2D eigenvalue weighted by Gasteiger charge is 2.07. The molecule has 0 heterocycles. The summed E-state index contributed by atoms with van der Waals surface area (Å²) in [5.74, 6) is 3.76. The van der Waals surface area contributed by atoms with Crippen LogP contribution in [0, 0.1) is 12.3 Å². The molecule has 2 aromatic rings. The highest BCUT2D eigenvalue weighted by atomic mass is 35.5. The lowest BCUT2D eigenvalue weighted by atomic mass is 10.2. The van der Waals surface area contributed by atoms with Crippen molar-refractivity contribution in [3.63, 3.8) is 0 Å². The standard InChI is InChI=1S/C18H17Cl2NO2/c1-3-9-23-17-8-5-13(10-18(17)22-4-2)12-21-14-6-7-15(19)16(20)11-14/h1,5-8,10-11,21H,4,9,12H2,2H3. The normalized spacial score (nSPS) is 10.0. The SMILES string of the molecule is C#CCOc1ccc(CNc2ccc(Cl)c(Cl)c2)cc1OCC. The average molecular weight is 350 g/mol. The number of nitrogens with one attached hydrogen (secondary N) is 1. The summed E-state index contributed by atoms with van der Waals surface area (Å²) in [4.78, 5) is 0. The molecule has 0 fully saturated rings. The number of anilines is 1. The molecular formula is C18H17Cl2NO2. The fraction of sp³-hybridized carbons (Fsp3) is 0.222. The maximum absolute atomic E-state index is 6.01. The lowest BCUT2D eigenvalue weighted by Crippen LogP contribution is -2.03. The fourth-order valence-electron chi connectivity index (χ4n) is 1.98. The summed E-state index contributed by atoms with van der Waals surface area (Å²) >= 11 is 11.9. The number of halogens is 2. The molecule has 0 atom stereocenters. The molecule has 3 nitrogen and oxygen atoms in total. The Balaban J connectivity index is 2.08. The molecule has 0 unspecified atom stereocenters. The minimum Gasteiger partial charge on any atom is -0.490 e. The van der Waals surface area contributed by atoms with Gasteiger partial charge < -0.3 is 14.8 Å². The number of rotatable bonds is 7. The van der Waals surface area contributed by atoms with Gasteiger partial charge in [0.2, 0.25) is 0 Å². The molecule has 0 aliphatic rings. The number of ether oxygens (including phenoxy) is 2. The smallest absolute Gasteiger partial charge is 0.162 e. The summed E-state index contributed by atoms with van der Waals surface area (Å²) in [5, 5.41) is 4.34. The zero-order chi connectivity index (χ0) is 16.7. The lowest BCUT2D eigenvalue weighted by Gasteiger charge is -2.13. The van der Waals surface area contributed by atoms with Crippen molar-refractivity contribution in [3.05, 3.63) is 52.0 Å². The van der Waals surface area contributed by atoms with E-state index in [1.54, 1.807) is 12.1 Å². The lowest BCUT2D eigenvalue weighted by molar-refractivity contribution is 0.299. The maximum Gasteiger partial charge on any atom is 0.162 e. The third-order valence-corrected chi connectivity index (χ3v) is 3.77. The highest BCUT2D eigenvalue weighted by Crippen LogP contribution is 2.29. The van der Waals surface area contributed by atoms with Gasteiger partial charge in [0.15, 0.2) is 11.5 Å². The van der Waals surface area contributed by atoms with E-state index in [4.69, 9.17) is 39.1 Å². The van der Waals surface area contributed by atoms with Crippen molar-refractivity contribution >= 4 is 28.9 Å². The third kappa shape index (κ3) is 4.99. The molecule has 0 saturated heterocycles. The van der Waals surface area contributed by atoms with E-state index in [0.29, 0.717) is 34.7 Å². The second kappa shape index (κ2) is 8.57. The van der Waals surface area contributed by atoms with E-state index in [1.165, 1.54) is 0 Å². The molecule has 0 aromatic heterocycles. The predicted octanol–water partition coefficient (Wildman–Crippen LogP) is 5.02.